The lowest BCUT2D eigenvalue weighted by Crippen LogP contribution is -2.44. The SMILES string of the molecule is CC(C)(C)c1nc(CC(=O)N2CCOCC2c2ccccc2)cs1. The molecule has 1 atom stereocenters. The van der Waals surface area contributed by atoms with E-state index in [2.05, 4.69) is 37.9 Å². The van der Waals surface area contributed by atoms with Gasteiger partial charge in [0.25, 0.3) is 0 Å². The zero-order valence-electron chi connectivity index (χ0n) is 14.5. The van der Waals surface area contributed by atoms with E-state index in [0.717, 1.165) is 16.3 Å². The van der Waals surface area contributed by atoms with Crippen LogP contribution in [0.15, 0.2) is 35.7 Å². The van der Waals surface area contributed by atoms with E-state index in [9.17, 15) is 4.79 Å². The summed E-state index contributed by atoms with van der Waals surface area (Å²) in [6, 6.07) is 10.1. The fraction of sp³-hybridized carbons (Fsp3) is 0.474. The van der Waals surface area contributed by atoms with E-state index in [1.165, 1.54) is 0 Å². The number of carbonyl (C=O) groups excluding carboxylic acids is 1. The van der Waals surface area contributed by atoms with E-state index in [4.69, 9.17) is 4.74 Å². The van der Waals surface area contributed by atoms with Gasteiger partial charge in [-0.05, 0) is 5.56 Å². The molecule has 1 aliphatic rings. The summed E-state index contributed by atoms with van der Waals surface area (Å²) in [7, 11) is 0. The van der Waals surface area contributed by atoms with Gasteiger partial charge < -0.3 is 9.64 Å². The minimum Gasteiger partial charge on any atom is -0.377 e. The smallest absolute Gasteiger partial charge is 0.229 e. The Kier molecular flexibility index (Phi) is 5.01. The Morgan fingerprint density at radius 2 is 2.08 bits per heavy atom. The number of morpholine rings is 1. The summed E-state index contributed by atoms with van der Waals surface area (Å²) in [6.07, 6.45) is 0.357. The molecule has 1 amide bonds. The van der Waals surface area contributed by atoms with Gasteiger partial charge in [0.15, 0.2) is 0 Å². The van der Waals surface area contributed by atoms with E-state index in [-0.39, 0.29) is 17.4 Å². The Balaban J connectivity index is 1.74. The van der Waals surface area contributed by atoms with Crippen LogP contribution in [0.3, 0.4) is 0 Å². The third-order valence-corrected chi connectivity index (χ3v) is 5.48. The average molecular weight is 344 g/mol. The molecule has 4 nitrogen and oxygen atoms in total. The van der Waals surface area contributed by atoms with Crippen LogP contribution < -0.4 is 0 Å². The highest BCUT2D eigenvalue weighted by Gasteiger charge is 2.29. The molecule has 1 fully saturated rings. The number of hydrogen-bond acceptors (Lipinski definition) is 4. The highest BCUT2D eigenvalue weighted by molar-refractivity contribution is 7.09. The Morgan fingerprint density at radius 1 is 1.33 bits per heavy atom. The van der Waals surface area contributed by atoms with Crippen molar-refractivity contribution in [3.63, 3.8) is 0 Å². The van der Waals surface area contributed by atoms with E-state index in [0.29, 0.717) is 26.2 Å². The molecule has 1 aromatic heterocycles. The number of aromatic nitrogens is 1. The molecule has 0 saturated carbocycles. The van der Waals surface area contributed by atoms with Gasteiger partial charge in [0, 0.05) is 17.3 Å². The molecular weight excluding hydrogens is 320 g/mol. The first kappa shape index (κ1) is 17.1. The third kappa shape index (κ3) is 3.84. The van der Waals surface area contributed by atoms with Gasteiger partial charge >= 0.3 is 0 Å². The van der Waals surface area contributed by atoms with Crippen LogP contribution in [-0.4, -0.2) is 35.5 Å². The third-order valence-electron chi connectivity index (χ3n) is 4.16. The molecule has 1 aliphatic heterocycles. The van der Waals surface area contributed by atoms with Crippen LogP contribution in [0.25, 0.3) is 0 Å². The van der Waals surface area contributed by atoms with E-state index in [1.807, 2.05) is 28.5 Å². The second-order valence-electron chi connectivity index (χ2n) is 7.16. The molecule has 5 heteroatoms. The highest BCUT2D eigenvalue weighted by atomic mass is 32.1. The van der Waals surface area contributed by atoms with Crippen LogP contribution >= 0.6 is 11.3 Å². The molecule has 1 unspecified atom stereocenters. The fourth-order valence-corrected chi connectivity index (χ4v) is 3.75. The molecule has 1 aromatic carbocycles. The van der Waals surface area contributed by atoms with Crippen LogP contribution in [0, 0.1) is 0 Å². The maximum atomic E-state index is 12.8. The first-order chi connectivity index (χ1) is 11.4. The number of thiazole rings is 1. The van der Waals surface area contributed by atoms with E-state index >= 15 is 0 Å². The minimum atomic E-state index is -0.00632. The fourth-order valence-electron chi connectivity index (χ4n) is 2.84. The summed E-state index contributed by atoms with van der Waals surface area (Å²) in [5.74, 6) is 0.123. The summed E-state index contributed by atoms with van der Waals surface area (Å²) >= 11 is 1.64. The Labute approximate surface area is 147 Å². The first-order valence-electron chi connectivity index (χ1n) is 8.32. The summed E-state index contributed by atoms with van der Waals surface area (Å²) in [6.45, 7) is 8.22. The number of benzene rings is 1. The molecule has 128 valence electrons. The molecule has 0 radical (unpaired) electrons. The highest BCUT2D eigenvalue weighted by Crippen LogP contribution is 2.27. The van der Waals surface area contributed by atoms with Crippen molar-refractivity contribution < 1.29 is 9.53 Å². The monoisotopic (exact) mass is 344 g/mol. The number of amides is 1. The van der Waals surface area contributed by atoms with Crippen molar-refractivity contribution >= 4 is 17.2 Å². The normalized spacial score (nSPS) is 18.6. The lowest BCUT2D eigenvalue weighted by Gasteiger charge is -2.36. The molecule has 3 rings (SSSR count). The van der Waals surface area contributed by atoms with Crippen LogP contribution in [-0.2, 0) is 21.4 Å². The number of carbonyl (C=O) groups is 1. The van der Waals surface area contributed by atoms with Gasteiger partial charge in [-0.25, -0.2) is 4.98 Å². The maximum Gasteiger partial charge on any atom is 0.229 e. The molecule has 0 aliphatic carbocycles. The molecule has 0 bridgehead atoms. The quantitative estimate of drug-likeness (QED) is 0.855. The lowest BCUT2D eigenvalue weighted by atomic mass is 9.98. The van der Waals surface area contributed by atoms with Gasteiger partial charge in [-0.2, -0.15) is 0 Å². The van der Waals surface area contributed by atoms with Gasteiger partial charge in [-0.15, -0.1) is 11.3 Å². The first-order valence-corrected chi connectivity index (χ1v) is 9.20. The molecular formula is C19H24N2O2S. The topological polar surface area (TPSA) is 42.4 Å². The summed E-state index contributed by atoms with van der Waals surface area (Å²) in [5.41, 5.74) is 2.02. The average Bonchev–Trinajstić information content (AvgIpc) is 3.04. The number of rotatable bonds is 3. The Morgan fingerprint density at radius 3 is 2.75 bits per heavy atom. The van der Waals surface area contributed by atoms with Gasteiger partial charge in [-0.3, -0.25) is 4.79 Å². The van der Waals surface area contributed by atoms with Crippen LogP contribution in [0.4, 0.5) is 0 Å². The van der Waals surface area contributed by atoms with Crippen molar-refractivity contribution in [2.45, 2.75) is 38.6 Å². The van der Waals surface area contributed by atoms with E-state index < -0.39 is 0 Å². The number of hydrogen-bond donors (Lipinski definition) is 0. The lowest BCUT2D eigenvalue weighted by molar-refractivity contribution is -0.139. The predicted octanol–water partition coefficient (Wildman–Crippen LogP) is 3.58. The Bertz CT molecular complexity index is 691. The number of nitrogens with zero attached hydrogens (tertiary/aromatic N) is 2. The predicted molar refractivity (Wildman–Crippen MR) is 96.2 cm³/mol. The van der Waals surface area contributed by atoms with Crippen molar-refractivity contribution in [2.24, 2.45) is 0 Å². The zero-order chi connectivity index (χ0) is 17.2. The summed E-state index contributed by atoms with van der Waals surface area (Å²) in [4.78, 5) is 19.4. The van der Waals surface area contributed by atoms with Gasteiger partial charge in [0.1, 0.15) is 0 Å². The van der Waals surface area contributed by atoms with Crippen LogP contribution in [0.1, 0.15) is 43.1 Å². The van der Waals surface area contributed by atoms with Crippen molar-refractivity contribution in [1.82, 2.24) is 9.88 Å². The minimum absolute atomic E-state index is 0.00632. The van der Waals surface area contributed by atoms with Gasteiger partial charge in [-0.1, -0.05) is 51.1 Å². The van der Waals surface area contributed by atoms with E-state index in [1.54, 1.807) is 11.3 Å². The largest absolute Gasteiger partial charge is 0.377 e. The molecule has 24 heavy (non-hydrogen) atoms. The van der Waals surface area contributed by atoms with Crippen molar-refractivity contribution in [3.8, 4) is 0 Å². The number of ether oxygens (including phenoxy) is 1. The van der Waals surface area contributed by atoms with Crippen LogP contribution in [0.5, 0.6) is 0 Å². The van der Waals surface area contributed by atoms with Crippen molar-refractivity contribution in [2.75, 3.05) is 19.8 Å². The molecule has 2 heterocycles. The van der Waals surface area contributed by atoms with Gasteiger partial charge in [0.05, 0.1) is 36.4 Å². The second-order valence-corrected chi connectivity index (χ2v) is 8.02. The molecule has 0 N–H and O–H groups in total. The second kappa shape index (κ2) is 7.03. The Hall–Kier alpha value is -1.72. The molecule has 0 spiro atoms. The molecule has 2 aromatic rings. The van der Waals surface area contributed by atoms with Gasteiger partial charge in [0.2, 0.25) is 5.91 Å². The van der Waals surface area contributed by atoms with Crippen LogP contribution in [0.2, 0.25) is 0 Å². The zero-order valence-corrected chi connectivity index (χ0v) is 15.3. The van der Waals surface area contributed by atoms with Crippen molar-refractivity contribution in [1.29, 1.82) is 0 Å². The summed E-state index contributed by atoms with van der Waals surface area (Å²) in [5, 5.41) is 3.09. The standard InChI is InChI=1S/C19H24N2O2S/c1-19(2,3)18-20-15(13-24-18)11-17(22)21-9-10-23-12-16(21)14-7-5-4-6-8-14/h4-8,13,16H,9-12H2,1-3H3. The maximum absolute atomic E-state index is 12.8. The molecule has 1 saturated heterocycles. The summed E-state index contributed by atoms with van der Waals surface area (Å²) < 4.78 is 5.61. The van der Waals surface area contributed by atoms with Crippen molar-refractivity contribution in [3.05, 3.63) is 52.0 Å².